The fourth-order valence-electron chi connectivity index (χ4n) is 9.74. The van der Waals surface area contributed by atoms with Gasteiger partial charge in [0.15, 0.2) is 0 Å². The Bertz CT molecular complexity index is 2600. The van der Waals surface area contributed by atoms with Gasteiger partial charge in [0.2, 0.25) is 0 Å². The van der Waals surface area contributed by atoms with Crippen LogP contribution in [-0.4, -0.2) is 4.57 Å². The third kappa shape index (κ3) is 2.89. The molecule has 1 aromatic heterocycles. The van der Waals surface area contributed by atoms with Gasteiger partial charge in [-0.25, -0.2) is 0 Å². The van der Waals surface area contributed by atoms with Gasteiger partial charge in [0.1, 0.15) is 0 Å². The van der Waals surface area contributed by atoms with Gasteiger partial charge >= 0.3 is 0 Å². The molecule has 0 amide bonds. The molecule has 0 saturated carbocycles. The number of para-hydroxylation sites is 1. The van der Waals surface area contributed by atoms with E-state index in [-0.39, 0.29) is 5.41 Å². The lowest BCUT2D eigenvalue weighted by Crippen LogP contribution is -2.27. The van der Waals surface area contributed by atoms with E-state index < -0.39 is 5.41 Å². The predicted molar refractivity (Wildman–Crippen MR) is 195 cm³/mol. The number of fused-ring (bicyclic) bond motifs is 16. The molecule has 1 spiro atoms. The number of hydrogen-bond acceptors (Lipinski definition) is 0. The van der Waals surface area contributed by atoms with Crippen molar-refractivity contribution in [2.45, 2.75) is 24.7 Å². The molecule has 0 saturated heterocycles. The van der Waals surface area contributed by atoms with Crippen molar-refractivity contribution < 1.29 is 0 Å². The molecule has 0 fully saturated rings. The Kier molecular flexibility index (Phi) is 4.66. The quantitative estimate of drug-likeness (QED) is 0.177. The summed E-state index contributed by atoms with van der Waals surface area (Å²) in [5.41, 5.74) is 19.6. The molecule has 0 N–H and O–H groups in total. The van der Waals surface area contributed by atoms with E-state index in [9.17, 15) is 0 Å². The summed E-state index contributed by atoms with van der Waals surface area (Å²) in [6.07, 6.45) is 0. The Morgan fingerprint density at radius 2 is 0.894 bits per heavy atom. The lowest BCUT2D eigenvalue weighted by molar-refractivity contribution is 0.661. The maximum Gasteiger partial charge on any atom is 0.0746 e. The van der Waals surface area contributed by atoms with Crippen molar-refractivity contribution in [3.63, 3.8) is 0 Å². The zero-order chi connectivity index (χ0) is 31.1. The average molecular weight is 598 g/mol. The van der Waals surface area contributed by atoms with Crippen molar-refractivity contribution in [3.8, 4) is 39.1 Å². The summed E-state index contributed by atoms with van der Waals surface area (Å²) in [5.74, 6) is 0. The van der Waals surface area contributed by atoms with Crippen LogP contribution in [0.5, 0.6) is 0 Å². The van der Waals surface area contributed by atoms with Crippen LogP contribution in [0.2, 0.25) is 0 Å². The van der Waals surface area contributed by atoms with E-state index in [2.05, 4.69) is 170 Å². The minimum atomic E-state index is -0.417. The molecule has 3 aliphatic rings. The van der Waals surface area contributed by atoms with E-state index in [1.54, 1.807) is 0 Å². The highest BCUT2D eigenvalue weighted by molar-refractivity contribution is 6.12. The predicted octanol–water partition coefficient (Wildman–Crippen LogP) is 11.4. The molecule has 220 valence electrons. The average Bonchev–Trinajstić information content (AvgIpc) is 3.78. The van der Waals surface area contributed by atoms with Crippen molar-refractivity contribution >= 4 is 21.8 Å². The summed E-state index contributed by atoms with van der Waals surface area (Å²) in [6.45, 7) is 4.77. The molecule has 0 bridgehead atoms. The Balaban J connectivity index is 1.31. The summed E-state index contributed by atoms with van der Waals surface area (Å²) in [6, 6.07) is 57.3. The van der Waals surface area contributed by atoms with E-state index in [0.717, 1.165) is 0 Å². The van der Waals surface area contributed by atoms with Crippen LogP contribution in [0.1, 0.15) is 47.2 Å². The maximum absolute atomic E-state index is 2.58. The fraction of sp³-hybridized carbons (Fsp3) is 0.0870. The van der Waals surface area contributed by atoms with Gasteiger partial charge in [-0.15, -0.1) is 0 Å². The molecule has 1 nitrogen and oxygen atoms in total. The second kappa shape index (κ2) is 8.57. The molecule has 0 radical (unpaired) electrons. The van der Waals surface area contributed by atoms with Crippen LogP contribution >= 0.6 is 0 Å². The Hall–Kier alpha value is -5.66. The smallest absolute Gasteiger partial charge is 0.0746 e. The van der Waals surface area contributed by atoms with Crippen LogP contribution in [0.3, 0.4) is 0 Å². The summed E-state index contributed by atoms with van der Waals surface area (Å²) in [5, 5.41) is 2.60. The normalized spacial score (nSPS) is 15.4. The van der Waals surface area contributed by atoms with Gasteiger partial charge in [0.05, 0.1) is 22.1 Å². The Labute approximate surface area is 274 Å². The highest BCUT2D eigenvalue weighted by Gasteiger charge is 2.53. The second-order valence-corrected chi connectivity index (χ2v) is 14.0. The summed E-state index contributed by atoms with van der Waals surface area (Å²) < 4.78 is 2.58. The van der Waals surface area contributed by atoms with Crippen molar-refractivity contribution in [2.75, 3.05) is 0 Å². The maximum atomic E-state index is 2.58. The molecule has 0 aliphatic heterocycles. The topological polar surface area (TPSA) is 4.93 Å². The lowest BCUT2D eigenvalue weighted by Gasteiger charge is -2.32. The van der Waals surface area contributed by atoms with Crippen LogP contribution in [-0.2, 0) is 10.8 Å². The van der Waals surface area contributed by atoms with Gasteiger partial charge in [-0.05, 0) is 85.5 Å². The molecule has 0 atom stereocenters. The number of rotatable bonds is 1. The molecular formula is C46H31N. The van der Waals surface area contributed by atoms with Gasteiger partial charge in [-0.3, -0.25) is 0 Å². The van der Waals surface area contributed by atoms with Gasteiger partial charge in [0, 0.05) is 21.8 Å². The molecule has 1 heteroatoms. The summed E-state index contributed by atoms with van der Waals surface area (Å²) in [7, 11) is 0. The largest absolute Gasteiger partial charge is 0.309 e. The Morgan fingerprint density at radius 1 is 0.383 bits per heavy atom. The van der Waals surface area contributed by atoms with E-state index in [1.165, 1.54) is 94.3 Å². The van der Waals surface area contributed by atoms with Crippen LogP contribution in [0, 0.1) is 0 Å². The molecule has 11 rings (SSSR count). The first-order valence-electron chi connectivity index (χ1n) is 16.7. The molecule has 7 aromatic carbocycles. The lowest BCUT2D eigenvalue weighted by atomic mass is 9.70. The molecule has 0 unspecified atom stereocenters. The van der Waals surface area contributed by atoms with E-state index in [4.69, 9.17) is 0 Å². The fourth-order valence-corrected chi connectivity index (χ4v) is 9.74. The van der Waals surface area contributed by atoms with Crippen LogP contribution in [0.25, 0.3) is 60.9 Å². The third-order valence-electron chi connectivity index (χ3n) is 11.6. The van der Waals surface area contributed by atoms with Crippen LogP contribution < -0.4 is 0 Å². The second-order valence-electron chi connectivity index (χ2n) is 14.0. The van der Waals surface area contributed by atoms with Gasteiger partial charge < -0.3 is 4.57 Å². The third-order valence-corrected chi connectivity index (χ3v) is 11.6. The molecule has 1 heterocycles. The van der Waals surface area contributed by atoms with Crippen LogP contribution in [0.15, 0.2) is 152 Å². The standard InChI is InChI=1S/C46H31N/c1-45(2)36-20-8-3-17-31(36)34-26-35-32-18-7-12-24-41(32)47(43(35)27-40(34)45)42-25-13-19-33-30-16-6-11-23-39(30)46(44(33)42)37-21-9-4-14-28(37)29-15-5-10-22-38(29)46/h3-27H,1-2H3. The SMILES string of the molecule is CC1(C)c2ccccc2-c2cc3c4ccccc4n(-c4cccc5c4C4(c6ccccc6-c6ccccc64)c4ccccc4-5)c3cc21. The number of hydrogen-bond donors (Lipinski definition) is 0. The molecular weight excluding hydrogens is 567 g/mol. The van der Waals surface area contributed by atoms with Crippen LogP contribution in [0.4, 0.5) is 0 Å². The number of benzene rings is 7. The minimum Gasteiger partial charge on any atom is -0.309 e. The zero-order valence-electron chi connectivity index (χ0n) is 26.4. The minimum absolute atomic E-state index is 0.0825. The number of nitrogens with zero attached hydrogens (tertiary/aromatic N) is 1. The monoisotopic (exact) mass is 597 g/mol. The summed E-state index contributed by atoms with van der Waals surface area (Å²) >= 11 is 0. The molecule has 47 heavy (non-hydrogen) atoms. The van der Waals surface area contributed by atoms with E-state index >= 15 is 0 Å². The van der Waals surface area contributed by atoms with Crippen molar-refractivity contribution in [1.82, 2.24) is 4.57 Å². The highest BCUT2D eigenvalue weighted by atomic mass is 15.0. The van der Waals surface area contributed by atoms with Gasteiger partial charge in [-0.2, -0.15) is 0 Å². The van der Waals surface area contributed by atoms with Crippen molar-refractivity contribution in [3.05, 3.63) is 185 Å². The first-order valence-corrected chi connectivity index (χ1v) is 16.7. The van der Waals surface area contributed by atoms with E-state index in [0.29, 0.717) is 0 Å². The zero-order valence-corrected chi connectivity index (χ0v) is 26.4. The molecule has 8 aromatic rings. The summed E-state index contributed by atoms with van der Waals surface area (Å²) in [4.78, 5) is 0. The first-order chi connectivity index (χ1) is 23.1. The number of aromatic nitrogens is 1. The van der Waals surface area contributed by atoms with Gasteiger partial charge in [-0.1, -0.05) is 141 Å². The van der Waals surface area contributed by atoms with Crippen molar-refractivity contribution in [2.24, 2.45) is 0 Å². The van der Waals surface area contributed by atoms with E-state index in [1.807, 2.05) is 0 Å². The van der Waals surface area contributed by atoms with Crippen molar-refractivity contribution in [1.29, 1.82) is 0 Å². The highest BCUT2D eigenvalue weighted by Crippen LogP contribution is 2.64. The Morgan fingerprint density at radius 3 is 1.55 bits per heavy atom. The molecule has 3 aliphatic carbocycles. The first kappa shape index (κ1) is 25.5. The van der Waals surface area contributed by atoms with Gasteiger partial charge in [0.25, 0.3) is 0 Å².